The fourth-order valence-corrected chi connectivity index (χ4v) is 3.30. The second-order valence-electron chi connectivity index (χ2n) is 6.51. The van der Waals surface area contributed by atoms with E-state index in [0.717, 1.165) is 47.1 Å². The largest absolute Gasteiger partial charge is 0.496 e. The fraction of sp³-hybridized carbons (Fsp3) is 0.381. The van der Waals surface area contributed by atoms with E-state index in [4.69, 9.17) is 9.47 Å². The van der Waals surface area contributed by atoms with Crippen LogP contribution in [-0.2, 0) is 0 Å². The van der Waals surface area contributed by atoms with Crippen molar-refractivity contribution in [2.24, 2.45) is 4.99 Å². The van der Waals surface area contributed by atoms with E-state index in [1.54, 1.807) is 14.2 Å². The zero-order chi connectivity index (χ0) is 17.8. The molecule has 3 rings (SSSR count). The number of nitrogens with zero attached hydrogens (tertiary/aromatic N) is 2. The number of methoxy groups -OCH3 is 2. The van der Waals surface area contributed by atoms with Gasteiger partial charge < -0.3 is 14.4 Å². The van der Waals surface area contributed by atoms with E-state index in [1.807, 2.05) is 18.3 Å². The van der Waals surface area contributed by atoms with Gasteiger partial charge in [-0.15, -0.1) is 0 Å². The molecule has 1 aliphatic rings. The molecule has 1 aliphatic heterocycles. The van der Waals surface area contributed by atoms with Crippen LogP contribution in [0.15, 0.2) is 35.3 Å². The van der Waals surface area contributed by atoms with E-state index in [0.29, 0.717) is 0 Å². The van der Waals surface area contributed by atoms with Crippen LogP contribution in [0.3, 0.4) is 0 Å². The van der Waals surface area contributed by atoms with Gasteiger partial charge in [-0.3, -0.25) is 4.99 Å². The van der Waals surface area contributed by atoms with Crippen LogP contribution in [0.1, 0.15) is 29.5 Å². The van der Waals surface area contributed by atoms with Crippen LogP contribution in [0.5, 0.6) is 11.5 Å². The maximum atomic E-state index is 5.63. The second-order valence-corrected chi connectivity index (χ2v) is 6.51. The molecule has 132 valence electrons. The van der Waals surface area contributed by atoms with E-state index in [2.05, 4.69) is 41.9 Å². The molecule has 2 aromatic carbocycles. The summed E-state index contributed by atoms with van der Waals surface area (Å²) in [6.07, 6.45) is 4.30. The molecular formula is C21H26N2O2. The highest BCUT2D eigenvalue weighted by Crippen LogP contribution is 2.36. The zero-order valence-corrected chi connectivity index (χ0v) is 15.5. The van der Waals surface area contributed by atoms with Crippen molar-refractivity contribution >= 4 is 17.6 Å². The van der Waals surface area contributed by atoms with Crippen LogP contribution in [0, 0.1) is 13.8 Å². The van der Waals surface area contributed by atoms with Crippen molar-refractivity contribution in [3.8, 4) is 11.5 Å². The molecule has 2 aromatic rings. The molecule has 4 heteroatoms. The fourth-order valence-electron chi connectivity index (χ4n) is 3.30. The van der Waals surface area contributed by atoms with Crippen molar-refractivity contribution < 1.29 is 9.47 Å². The maximum Gasteiger partial charge on any atom is 0.143 e. The number of rotatable bonds is 5. The van der Waals surface area contributed by atoms with Gasteiger partial charge in [0.05, 0.1) is 25.6 Å². The van der Waals surface area contributed by atoms with Crippen LogP contribution in [0.4, 0.5) is 11.4 Å². The smallest absolute Gasteiger partial charge is 0.143 e. The summed E-state index contributed by atoms with van der Waals surface area (Å²) < 4.78 is 11.2. The summed E-state index contributed by atoms with van der Waals surface area (Å²) in [6, 6.07) is 10.3. The maximum absolute atomic E-state index is 5.63. The van der Waals surface area contributed by atoms with E-state index in [9.17, 15) is 0 Å². The number of anilines is 1. The van der Waals surface area contributed by atoms with Gasteiger partial charge in [-0.2, -0.15) is 0 Å². The molecule has 1 saturated heterocycles. The second kappa shape index (κ2) is 7.60. The minimum absolute atomic E-state index is 0.816. The molecule has 4 nitrogen and oxygen atoms in total. The van der Waals surface area contributed by atoms with E-state index >= 15 is 0 Å². The first-order valence-electron chi connectivity index (χ1n) is 8.74. The predicted octanol–water partition coefficient (Wildman–Crippen LogP) is 4.67. The average Bonchev–Trinajstić information content (AvgIpc) is 3.14. The van der Waals surface area contributed by atoms with E-state index in [1.165, 1.54) is 18.4 Å². The number of hydrogen-bond acceptors (Lipinski definition) is 4. The van der Waals surface area contributed by atoms with Crippen molar-refractivity contribution in [2.45, 2.75) is 26.7 Å². The van der Waals surface area contributed by atoms with Gasteiger partial charge in [0.2, 0.25) is 0 Å². The Morgan fingerprint density at radius 2 is 1.68 bits per heavy atom. The van der Waals surface area contributed by atoms with Crippen LogP contribution in [0.2, 0.25) is 0 Å². The highest BCUT2D eigenvalue weighted by atomic mass is 16.5. The minimum atomic E-state index is 0.816. The Hall–Kier alpha value is -2.49. The van der Waals surface area contributed by atoms with Gasteiger partial charge in [-0.25, -0.2) is 0 Å². The van der Waals surface area contributed by atoms with Gasteiger partial charge >= 0.3 is 0 Å². The van der Waals surface area contributed by atoms with Crippen LogP contribution in [0.25, 0.3) is 0 Å². The molecule has 0 aliphatic carbocycles. The molecular weight excluding hydrogens is 312 g/mol. The third kappa shape index (κ3) is 3.78. The third-order valence-corrected chi connectivity index (χ3v) is 4.67. The van der Waals surface area contributed by atoms with Gasteiger partial charge in [0.15, 0.2) is 0 Å². The van der Waals surface area contributed by atoms with Crippen molar-refractivity contribution in [2.75, 3.05) is 32.2 Å². The lowest BCUT2D eigenvalue weighted by molar-refractivity contribution is 0.402. The Labute approximate surface area is 150 Å². The molecule has 0 bridgehead atoms. The highest BCUT2D eigenvalue weighted by Gasteiger charge is 2.19. The summed E-state index contributed by atoms with van der Waals surface area (Å²) in [6.45, 7) is 6.30. The van der Waals surface area contributed by atoms with E-state index in [-0.39, 0.29) is 0 Å². The van der Waals surface area contributed by atoms with E-state index < -0.39 is 0 Å². The van der Waals surface area contributed by atoms with Crippen LogP contribution >= 0.6 is 0 Å². The zero-order valence-electron chi connectivity index (χ0n) is 15.5. The van der Waals surface area contributed by atoms with Gasteiger partial charge in [-0.1, -0.05) is 17.7 Å². The number of benzene rings is 2. The van der Waals surface area contributed by atoms with Crippen molar-refractivity contribution in [3.63, 3.8) is 0 Å². The Morgan fingerprint density at radius 3 is 2.32 bits per heavy atom. The van der Waals surface area contributed by atoms with Crippen molar-refractivity contribution in [1.82, 2.24) is 0 Å². The van der Waals surface area contributed by atoms with Gasteiger partial charge in [0, 0.05) is 30.9 Å². The first kappa shape index (κ1) is 17.3. The lowest BCUT2D eigenvalue weighted by Crippen LogP contribution is -2.18. The van der Waals surface area contributed by atoms with Crippen molar-refractivity contribution in [3.05, 3.63) is 47.0 Å². The molecule has 25 heavy (non-hydrogen) atoms. The Morgan fingerprint density at radius 1 is 0.960 bits per heavy atom. The van der Waals surface area contributed by atoms with Gasteiger partial charge in [0.1, 0.15) is 11.5 Å². The SMILES string of the molecule is COc1cc(N2CCCC2)c(OC)cc1C=Nc1ccc(C)cc1C. The number of hydrogen-bond donors (Lipinski definition) is 0. The molecule has 0 unspecified atom stereocenters. The molecule has 0 aromatic heterocycles. The number of aliphatic imine (C=N–C) groups is 1. The molecule has 0 amide bonds. The minimum Gasteiger partial charge on any atom is -0.496 e. The third-order valence-electron chi connectivity index (χ3n) is 4.67. The van der Waals surface area contributed by atoms with Gasteiger partial charge in [0.25, 0.3) is 0 Å². The Bertz CT molecular complexity index is 778. The topological polar surface area (TPSA) is 34.1 Å². The van der Waals surface area contributed by atoms with Crippen molar-refractivity contribution in [1.29, 1.82) is 0 Å². The normalized spacial score (nSPS) is 14.3. The first-order valence-corrected chi connectivity index (χ1v) is 8.74. The summed E-state index contributed by atoms with van der Waals surface area (Å²) in [5.41, 5.74) is 5.39. The number of ether oxygens (including phenoxy) is 2. The lowest BCUT2D eigenvalue weighted by atomic mass is 10.1. The average molecular weight is 338 g/mol. The quantitative estimate of drug-likeness (QED) is 0.743. The summed E-state index contributed by atoms with van der Waals surface area (Å²) in [5.74, 6) is 1.68. The first-order chi connectivity index (χ1) is 12.1. The summed E-state index contributed by atoms with van der Waals surface area (Å²) >= 11 is 0. The Balaban J connectivity index is 1.96. The molecule has 0 atom stereocenters. The van der Waals surface area contributed by atoms with Crippen LogP contribution < -0.4 is 14.4 Å². The Kier molecular flexibility index (Phi) is 5.27. The standard InChI is InChI=1S/C21H26N2O2/c1-15-7-8-18(16(2)11-15)22-14-17-12-21(25-4)19(13-20(17)24-3)23-9-5-6-10-23/h7-8,11-14H,5-6,9-10H2,1-4H3. The molecule has 1 fully saturated rings. The molecule has 1 heterocycles. The monoisotopic (exact) mass is 338 g/mol. The molecule has 0 N–H and O–H groups in total. The van der Waals surface area contributed by atoms with Crippen LogP contribution in [-0.4, -0.2) is 33.5 Å². The molecule has 0 radical (unpaired) electrons. The lowest BCUT2D eigenvalue weighted by Gasteiger charge is -2.22. The summed E-state index contributed by atoms with van der Waals surface area (Å²) in [7, 11) is 3.41. The molecule has 0 spiro atoms. The highest BCUT2D eigenvalue weighted by molar-refractivity contribution is 5.88. The predicted molar refractivity (Wildman–Crippen MR) is 104 cm³/mol. The number of aryl methyl sites for hydroxylation is 2. The summed E-state index contributed by atoms with van der Waals surface area (Å²) in [5, 5.41) is 0. The summed E-state index contributed by atoms with van der Waals surface area (Å²) in [4.78, 5) is 7.01. The molecule has 0 saturated carbocycles. The van der Waals surface area contributed by atoms with Gasteiger partial charge in [-0.05, 0) is 44.4 Å².